The van der Waals surface area contributed by atoms with Gasteiger partial charge in [0.15, 0.2) is 0 Å². The van der Waals surface area contributed by atoms with E-state index in [1.807, 2.05) is 0 Å². The van der Waals surface area contributed by atoms with E-state index in [1.165, 1.54) is 43.4 Å². The minimum atomic E-state index is 0.950. The number of benzene rings is 7. The van der Waals surface area contributed by atoms with Gasteiger partial charge in [0, 0.05) is 10.9 Å². The van der Waals surface area contributed by atoms with E-state index in [4.69, 9.17) is 4.98 Å². The van der Waals surface area contributed by atoms with E-state index in [0.29, 0.717) is 0 Å². The molecule has 0 aliphatic rings. The van der Waals surface area contributed by atoms with E-state index >= 15 is 0 Å². The van der Waals surface area contributed by atoms with E-state index < -0.39 is 0 Å². The molecule has 0 bridgehead atoms. The molecular formula is C37H24N2. The summed E-state index contributed by atoms with van der Waals surface area (Å²) in [6, 6.07) is 52.0. The maximum absolute atomic E-state index is 5.08. The summed E-state index contributed by atoms with van der Waals surface area (Å²) < 4.78 is 2.31. The molecule has 0 N–H and O–H groups in total. The molecular weight excluding hydrogens is 472 g/mol. The molecule has 8 aromatic rings. The van der Waals surface area contributed by atoms with Gasteiger partial charge in [-0.2, -0.15) is 0 Å². The summed E-state index contributed by atoms with van der Waals surface area (Å²) in [7, 11) is 0. The molecule has 0 amide bonds. The van der Waals surface area contributed by atoms with E-state index in [9.17, 15) is 0 Å². The fourth-order valence-corrected chi connectivity index (χ4v) is 6.04. The van der Waals surface area contributed by atoms with Crippen molar-refractivity contribution in [2.75, 3.05) is 0 Å². The number of hydrogen-bond donors (Lipinski definition) is 0. The third-order valence-corrected chi connectivity index (χ3v) is 7.79. The normalized spacial score (nSPS) is 11.6. The molecule has 0 spiro atoms. The lowest BCUT2D eigenvalue weighted by Crippen LogP contribution is -1.99. The van der Waals surface area contributed by atoms with Crippen molar-refractivity contribution < 1.29 is 0 Å². The number of fused-ring (bicyclic) bond motifs is 5. The van der Waals surface area contributed by atoms with Crippen LogP contribution in [0.1, 0.15) is 0 Å². The van der Waals surface area contributed by atoms with E-state index in [2.05, 4.69) is 150 Å². The molecule has 182 valence electrons. The molecule has 39 heavy (non-hydrogen) atoms. The molecule has 8 rings (SSSR count). The molecule has 0 aliphatic carbocycles. The van der Waals surface area contributed by atoms with Gasteiger partial charge in [0.1, 0.15) is 5.82 Å². The van der Waals surface area contributed by atoms with Gasteiger partial charge in [0.25, 0.3) is 0 Å². The number of rotatable bonds is 3. The molecule has 1 heterocycles. The third kappa shape index (κ3) is 3.39. The van der Waals surface area contributed by atoms with Crippen molar-refractivity contribution in [2.24, 2.45) is 0 Å². The summed E-state index contributed by atoms with van der Waals surface area (Å²) in [6.45, 7) is 0. The summed E-state index contributed by atoms with van der Waals surface area (Å²) in [6.07, 6.45) is 0. The molecule has 0 unspecified atom stereocenters. The highest BCUT2D eigenvalue weighted by Gasteiger charge is 2.18. The Balaban J connectivity index is 1.45. The van der Waals surface area contributed by atoms with Crippen LogP contribution in [-0.4, -0.2) is 9.55 Å². The zero-order valence-electron chi connectivity index (χ0n) is 21.3. The minimum absolute atomic E-state index is 0.950. The number of imidazole rings is 1. The van der Waals surface area contributed by atoms with Crippen LogP contribution < -0.4 is 0 Å². The Bertz CT molecular complexity index is 2170. The number of nitrogens with zero attached hydrogens (tertiary/aromatic N) is 2. The Morgan fingerprint density at radius 3 is 1.87 bits per heavy atom. The van der Waals surface area contributed by atoms with Crippen molar-refractivity contribution in [3.63, 3.8) is 0 Å². The number of para-hydroxylation sites is 2. The Labute approximate surface area is 226 Å². The van der Waals surface area contributed by atoms with Gasteiger partial charge in [0.2, 0.25) is 0 Å². The second-order valence-electron chi connectivity index (χ2n) is 9.99. The lowest BCUT2D eigenvalue weighted by atomic mass is 9.90. The Hall–Kier alpha value is -5.21. The van der Waals surface area contributed by atoms with Gasteiger partial charge in [-0.25, -0.2) is 4.98 Å². The largest absolute Gasteiger partial charge is 0.292 e. The van der Waals surface area contributed by atoms with Gasteiger partial charge < -0.3 is 0 Å². The molecule has 0 saturated carbocycles. The predicted molar refractivity (Wildman–Crippen MR) is 164 cm³/mol. The summed E-state index contributed by atoms with van der Waals surface area (Å²) in [5.74, 6) is 0.950. The summed E-state index contributed by atoms with van der Waals surface area (Å²) in [4.78, 5) is 5.08. The van der Waals surface area contributed by atoms with Crippen molar-refractivity contribution in [1.82, 2.24) is 9.55 Å². The van der Waals surface area contributed by atoms with Crippen LogP contribution in [0, 0.1) is 0 Å². The second kappa shape index (κ2) is 8.68. The number of aromatic nitrogens is 2. The smallest absolute Gasteiger partial charge is 0.145 e. The van der Waals surface area contributed by atoms with Crippen LogP contribution in [0.4, 0.5) is 0 Å². The van der Waals surface area contributed by atoms with E-state index in [0.717, 1.165) is 28.1 Å². The minimum Gasteiger partial charge on any atom is -0.292 e. The Morgan fingerprint density at radius 1 is 0.436 bits per heavy atom. The molecule has 2 nitrogen and oxygen atoms in total. The van der Waals surface area contributed by atoms with Gasteiger partial charge in [-0.3, -0.25) is 4.57 Å². The first-order valence-corrected chi connectivity index (χ1v) is 13.3. The average Bonchev–Trinajstić information content (AvgIpc) is 3.40. The van der Waals surface area contributed by atoms with Gasteiger partial charge in [-0.15, -0.1) is 0 Å². The van der Waals surface area contributed by atoms with Crippen molar-refractivity contribution >= 4 is 43.4 Å². The maximum Gasteiger partial charge on any atom is 0.145 e. The Morgan fingerprint density at radius 2 is 1.05 bits per heavy atom. The molecule has 0 saturated heterocycles. The predicted octanol–water partition coefficient (Wildman–Crippen LogP) is 9.82. The van der Waals surface area contributed by atoms with Crippen LogP contribution in [0.15, 0.2) is 146 Å². The topological polar surface area (TPSA) is 17.8 Å². The van der Waals surface area contributed by atoms with Crippen LogP contribution >= 0.6 is 0 Å². The average molecular weight is 497 g/mol. The first kappa shape index (κ1) is 21.8. The molecule has 1 aromatic heterocycles. The van der Waals surface area contributed by atoms with Crippen LogP contribution in [0.5, 0.6) is 0 Å². The van der Waals surface area contributed by atoms with E-state index in [1.54, 1.807) is 0 Å². The van der Waals surface area contributed by atoms with Gasteiger partial charge in [-0.1, -0.05) is 121 Å². The maximum atomic E-state index is 5.08. The molecule has 0 atom stereocenters. The molecule has 0 aliphatic heterocycles. The highest BCUT2D eigenvalue weighted by Crippen LogP contribution is 2.40. The number of hydrogen-bond acceptors (Lipinski definition) is 1. The van der Waals surface area contributed by atoms with Gasteiger partial charge in [-0.05, 0) is 62.3 Å². The van der Waals surface area contributed by atoms with Crippen LogP contribution in [0.3, 0.4) is 0 Å². The van der Waals surface area contributed by atoms with Crippen molar-refractivity contribution in [1.29, 1.82) is 0 Å². The molecule has 2 heteroatoms. The fourth-order valence-electron chi connectivity index (χ4n) is 6.04. The standard InChI is InChI=1S/C37H24N2/c1-2-12-25(13-3-1)37-38-34-20-10-11-21-36(34)39(37)35-23-22-31(29-17-8-9-19-32(29)35)33-24-26-14-4-5-15-27(26)28-16-6-7-18-30(28)33/h1-24H. The lowest BCUT2D eigenvalue weighted by molar-refractivity contribution is 1.11. The molecule has 0 fully saturated rings. The van der Waals surface area contributed by atoms with Crippen LogP contribution in [0.2, 0.25) is 0 Å². The zero-order chi connectivity index (χ0) is 25.8. The van der Waals surface area contributed by atoms with Crippen LogP contribution in [0.25, 0.3) is 71.6 Å². The molecule has 0 radical (unpaired) electrons. The van der Waals surface area contributed by atoms with Crippen molar-refractivity contribution in [2.45, 2.75) is 0 Å². The quantitative estimate of drug-likeness (QED) is 0.223. The van der Waals surface area contributed by atoms with E-state index in [-0.39, 0.29) is 0 Å². The summed E-state index contributed by atoms with van der Waals surface area (Å²) >= 11 is 0. The summed E-state index contributed by atoms with van der Waals surface area (Å²) in [5, 5.41) is 7.53. The van der Waals surface area contributed by atoms with Crippen molar-refractivity contribution in [3.05, 3.63) is 146 Å². The first-order chi connectivity index (χ1) is 19.4. The monoisotopic (exact) mass is 496 g/mol. The fraction of sp³-hybridized carbons (Fsp3) is 0. The van der Waals surface area contributed by atoms with Crippen molar-refractivity contribution in [3.8, 4) is 28.2 Å². The Kier molecular flexibility index (Phi) is 4.86. The highest BCUT2D eigenvalue weighted by atomic mass is 15.1. The molecule has 7 aromatic carbocycles. The van der Waals surface area contributed by atoms with Gasteiger partial charge >= 0.3 is 0 Å². The highest BCUT2D eigenvalue weighted by molar-refractivity contribution is 6.16. The summed E-state index contributed by atoms with van der Waals surface area (Å²) in [5.41, 5.74) is 6.82. The van der Waals surface area contributed by atoms with Crippen LogP contribution in [-0.2, 0) is 0 Å². The lowest BCUT2D eigenvalue weighted by Gasteiger charge is -2.17. The second-order valence-corrected chi connectivity index (χ2v) is 9.99. The zero-order valence-corrected chi connectivity index (χ0v) is 21.3. The first-order valence-electron chi connectivity index (χ1n) is 13.3. The third-order valence-electron chi connectivity index (χ3n) is 7.79. The van der Waals surface area contributed by atoms with Gasteiger partial charge in [0.05, 0.1) is 16.7 Å². The SMILES string of the molecule is c1ccc(-c2nc3ccccc3n2-c2ccc(-c3cc4ccccc4c4ccccc34)c3ccccc23)cc1.